The smallest absolute Gasteiger partial charge is 0.328 e. The molecule has 2 aromatic rings. The van der Waals surface area contributed by atoms with E-state index < -0.39 is 11.9 Å². The topological polar surface area (TPSA) is 101 Å². The van der Waals surface area contributed by atoms with Crippen LogP contribution in [0.15, 0.2) is 36.4 Å². The Balaban J connectivity index is 1.78. The Morgan fingerprint density at radius 1 is 1.25 bits per heavy atom. The van der Waals surface area contributed by atoms with Crippen LogP contribution in [-0.4, -0.2) is 33.8 Å². The van der Waals surface area contributed by atoms with Crippen molar-refractivity contribution in [3.05, 3.63) is 47.0 Å². The molecule has 1 heterocycles. The molecule has 0 fully saturated rings. The fourth-order valence-electron chi connectivity index (χ4n) is 1.78. The minimum absolute atomic E-state index is 0.317. The summed E-state index contributed by atoms with van der Waals surface area (Å²) in [6.07, 6.45) is 3.23. The number of nitrogens with one attached hydrogen (secondary N) is 1. The van der Waals surface area contributed by atoms with Gasteiger partial charge < -0.3 is 9.84 Å². The third-order valence-corrected chi connectivity index (χ3v) is 3.89. The van der Waals surface area contributed by atoms with Crippen LogP contribution in [0.3, 0.4) is 0 Å². The SMILES string of the molecule is CCc1ccc(OCCc2nnc(NC(=O)/C=C/C(=O)O)s2)cc1. The Bertz CT molecular complexity index is 725. The van der Waals surface area contributed by atoms with Gasteiger partial charge in [0.15, 0.2) is 0 Å². The number of carboxylic acids is 1. The number of carbonyl (C=O) groups excluding carboxylic acids is 1. The fraction of sp³-hybridized carbons (Fsp3) is 0.250. The van der Waals surface area contributed by atoms with Crippen LogP contribution < -0.4 is 10.1 Å². The molecule has 126 valence electrons. The van der Waals surface area contributed by atoms with Gasteiger partial charge in [0, 0.05) is 18.6 Å². The summed E-state index contributed by atoms with van der Waals surface area (Å²) in [4.78, 5) is 21.8. The number of benzene rings is 1. The molecule has 1 aromatic heterocycles. The zero-order chi connectivity index (χ0) is 17.4. The van der Waals surface area contributed by atoms with Gasteiger partial charge in [-0.1, -0.05) is 30.4 Å². The van der Waals surface area contributed by atoms with Gasteiger partial charge in [-0.15, -0.1) is 10.2 Å². The van der Waals surface area contributed by atoms with Crippen LogP contribution in [0.1, 0.15) is 17.5 Å². The second kappa shape index (κ2) is 8.78. The highest BCUT2D eigenvalue weighted by Gasteiger charge is 2.07. The Hall–Kier alpha value is -2.74. The largest absolute Gasteiger partial charge is 0.493 e. The fourth-order valence-corrected chi connectivity index (χ4v) is 2.50. The van der Waals surface area contributed by atoms with Crippen molar-refractivity contribution in [1.29, 1.82) is 0 Å². The van der Waals surface area contributed by atoms with Crippen LogP contribution in [0.2, 0.25) is 0 Å². The van der Waals surface area contributed by atoms with Crippen molar-refractivity contribution in [1.82, 2.24) is 10.2 Å². The predicted octanol–water partition coefficient (Wildman–Crippen LogP) is 2.30. The number of nitrogens with zero attached hydrogens (tertiary/aromatic N) is 2. The Morgan fingerprint density at radius 3 is 2.67 bits per heavy atom. The number of ether oxygens (including phenoxy) is 1. The first-order chi connectivity index (χ1) is 11.6. The molecule has 0 unspecified atom stereocenters. The third kappa shape index (κ3) is 5.81. The third-order valence-electron chi connectivity index (χ3n) is 2.99. The minimum atomic E-state index is -1.19. The van der Waals surface area contributed by atoms with E-state index >= 15 is 0 Å². The number of carboxylic acid groups (broad SMARTS) is 1. The van der Waals surface area contributed by atoms with Crippen molar-refractivity contribution >= 4 is 28.3 Å². The Kier molecular flexibility index (Phi) is 6.44. The van der Waals surface area contributed by atoms with E-state index in [0.29, 0.717) is 18.2 Å². The predicted molar refractivity (Wildman–Crippen MR) is 90.3 cm³/mol. The second-order valence-corrected chi connectivity index (χ2v) is 5.82. The van der Waals surface area contributed by atoms with Gasteiger partial charge in [-0.05, 0) is 24.1 Å². The Morgan fingerprint density at radius 2 is 2.00 bits per heavy atom. The molecule has 0 radical (unpaired) electrons. The van der Waals surface area contributed by atoms with Crippen molar-refractivity contribution < 1.29 is 19.4 Å². The number of amides is 1. The lowest BCUT2D eigenvalue weighted by molar-refractivity contribution is -0.131. The van der Waals surface area contributed by atoms with Gasteiger partial charge in [0.25, 0.3) is 0 Å². The van der Waals surface area contributed by atoms with E-state index in [1.54, 1.807) is 0 Å². The maximum atomic E-state index is 11.4. The molecule has 0 spiro atoms. The maximum absolute atomic E-state index is 11.4. The average Bonchev–Trinajstić information content (AvgIpc) is 3.01. The molecule has 0 bridgehead atoms. The first-order valence-corrected chi connectivity index (χ1v) is 8.14. The lowest BCUT2D eigenvalue weighted by Crippen LogP contribution is -2.08. The van der Waals surface area contributed by atoms with Crippen molar-refractivity contribution in [2.24, 2.45) is 0 Å². The number of aliphatic carboxylic acids is 1. The summed E-state index contributed by atoms with van der Waals surface area (Å²) in [5.41, 5.74) is 1.25. The van der Waals surface area contributed by atoms with Crippen LogP contribution in [-0.2, 0) is 22.4 Å². The number of hydrogen-bond acceptors (Lipinski definition) is 6. The minimum Gasteiger partial charge on any atom is -0.493 e. The molecular weight excluding hydrogens is 330 g/mol. The van der Waals surface area contributed by atoms with Crippen molar-refractivity contribution in [3.8, 4) is 5.75 Å². The summed E-state index contributed by atoms with van der Waals surface area (Å²) in [6.45, 7) is 2.55. The molecule has 8 heteroatoms. The number of aryl methyl sites for hydroxylation is 1. The van der Waals surface area contributed by atoms with Gasteiger partial charge in [-0.3, -0.25) is 10.1 Å². The number of aromatic nitrogens is 2. The molecule has 24 heavy (non-hydrogen) atoms. The van der Waals surface area contributed by atoms with Crippen molar-refractivity contribution in [2.75, 3.05) is 11.9 Å². The van der Waals surface area contributed by atoms with Gasteiger partial charge in [0.2, 0.25) is 11.0 Å². The van der Waals surface area contributed by atoms with Gasteiger partial charge in [0.1, 0.15) is 10.8 Å². The number of rotatable bonds is 8. The highest BCUT2D eigenvalue weighted by atomic mass is 32.1. The maximum Gasteiger partial charge on any atom is 0.328 e. The van der Waals surface area contributed by atoms with Crippen LogP contribution in [0, 0.1) is 0 Å². The van der Waals surface area contributed by atoms with E-state index in [1.165, 1.54) is 16.9 Å². The number of carbonyl (C=O) groups is 2. The van der Waals surface area contributed by atoms with E-state index in [-0.39, 0.29) is 0 Å². The van der Waals surface area contributed by atoms with Crippen LogP contribution in [0.5, 0.6) is 5.75 Å². The number of anilines is 1. The summed E-state index contributed by atoms with van der Waals surface area (Å²) < 4.78 is 5.64. The summed E-state index contributed by atoms with van der Waals surface area (Å²) >= 11 is 1.22. The van der Waals surface area contributed by atoms with Crippen LogP contribution in [0.4, 0.5) is 5.13 Å². The molecule has 0 atom stereocenters. The summed E-state index contributed by atoms with van der Waals surface area (Å²) in [7, 11) is 0. The molecule has 0 aliphatic rings. The second-order valence-electron chi connectivity index (χ2n) is 4.76. The van der Waals surface area contributed by atoms with Gasteiger partial charge >= 0.3 is 5.97 Å². The van der Waals surface area contributed by atoms with Gasteiger partial charge in [-0.25, -0.2) is 4.79 Å². The first-order valence-electron chi connectivity index (χ1n) is 7.33. The van der Waals surface area contributed by atoms with Gasteiger partial charge in [0.05, 0.1) is 6.61 Å². The lowest BCUT2D eigenvalue weighted by atomic mass is 10.2. The van der Waals surface area contributed by atoms with E-state index in [4.69, 9.17) is 9.84 Å². The molecule has 1 aromatic carbocycles. The molecule has 7 nitrogen and oxygen atoms in total. The highest BCUT2D eigenvalue weighted by Crippen LogP contribution is 2.17. The zero-order valence-electron chi connectivity index (χ0n) is 13.1. The summed E-state index contributed by atoms with van der Waals surface area (Å²) in [5.74, 6) is -0.955. The molecule has 0 saturated carbocycles. The molecule has 0 aliphatic heterocycles. The monoisotopic (exact) mass is 347 g/mol. The normalized spacial score (nSPS) is 10.7. The van der Waals surface area contributed by atoms with Crippen LogP contribution >= 0.6 is 11.3 Å². The van der Waals surface area contributed by atoms with E-state index in [2.05, 4.69) is 22.4 Å². The molecule has 1 amide bonds. The average molecular weight is 347 g/mol. The summed E-state index contributed by atoms with van der Waals surface area (Å²) in [6, 6.07) is 7.91. The van der Waals surface area contributed by atoms with Crippen molar-refractivity contribution in [3.63, 3.8) is 0 Å². The Labute approximate surface area is 143 Å². The van der Waals surface area contributed by atoms with E-state index in [9.17, 15) is 9.59 Å². The molecule has 2 rings (SSSR count). The highest BCUT2D eigenvalue weighted by molar-refractivity contribution is 7.15. The van der Waals surface area contributed by atoms with Crippen molar-refractivity contribution in [2.45, 2.75) is 19.8 Å². The lowest BCUT2D eigenvalue weighted by Gasteiger charge is -2.05. The molecular formula is C16H17N3O4S. The standard InChI is InChI=1S/C16H17N3O4S/c1-2-11-3-5-12(6-4-11)23-10-9-14-18-19-16(24-14)17-13(20)7-8-15(21)22/h3-8H,2,9-10H2,1H3,(H,21,22)(H,17,19,20)/b8-7+. The zero-order valence-corrected chi connectivity index (χ0v) is 13.9. The van der Waals surface area contributed by atoms with Crippen LogP contribution in [0.25, 0.3) is 0 Å². The quantitative estimate of drug-likeness (QED) is 0.711. The number of hydrogen-bond donors (Lipinski definition) is 2. The first kappa shape index (κ1) is 17.6. The van der Waals surface area contributed by atoms with E-state index in [1.807, 2.05) is 24.3 Å². The summed E-state index contributed by atoms with van der Waals surface area (Å²) in [5, 5.41) is 19.7. The van der Waals surface area contributed by atoms with Gasteiger partial charge in [-0.2, -0.15) is 0 Å². The molecule has 2 N–H and O–H groups in total. The molecule has 0 saturated heterocycles. The van der Waals surface area contributed by atoms with E-state index in [0.717, 1.165) is 29.3 Å². The molecule has 0 aliphatic carbocycles.